The van der Waals surface area contributed by atoms with Crippen molar-refractivity contribution in [1.29, 1.82) is 0 Å². The summed E-state index contributed by atoms with van der Waals surface area (Å²) in [6.45, 7) is 16.7. The number of allylic oxidation sites excluding steroid dienone is 2. The molecule has 1 heterocycles. The molecule has 0 bridgehead atoms. The maximum absolute atomic E-state index is 14.9. The first-order valence-corrected chi connectivity index (χ1v) is 19.3. The molecule has 3 rings (SSSR count). The number of amides is 3. The molecule has 0 saturated carbocycles. The Balaban J connectivity index is 2.02. The van der Waals surface area contributed by atoms with Gasteiger partial charge in [0, 0.05) is 32.3 Å². The quantitative estimate of drug-likeness (QED) is 0.130. The smallest absolute Gasteiger partial charge is 0.421 e. The number of carbonyl (C=O) groups excluding carboxylic acids is 3. The highest BCUT2D eigenvalue weighted by atomic mass is 28.4. The summed E-state index contributed by atoms with van der Waals surface area (Å²) in [7, 11) is -2.99. The van der Waals surface area contributed by atoms with Crippen LogP contribution in [0.2, 0.25) is 5.04 Å². The summed E-state index contributed by atoms with van der Waals surface area (Å²) in [6.07, 6.45) is -6.92. The number of benzene rings is 2. The molecule has 0 spiro atoms. The molecule has 0 saturated heterocycles. The van der Waals surface area contributed by atoms with Crippen LogP contribution in [0.1, 0.15) is 55.4 Å². The Kier molecular flexibility index (Phi) is 14.0. The van der Waals surface area contributed by atoms with Gasteiger partial charge in [-0.05, 0) is 61.2 Å². The summed E-state index contributed by atoms with van der Waals surface area (Å²) in [5.41, 5.74) is -3.62. The van der Waals surface area contributed by atoms with Gasteiger partial charge in [0.05, 0.1) is 5.70 Å². The van der Waals surface area contributed by atoms with Crippen LogP contribution in [0.25, 0.3) is 0 Å². The fourth-order valence-corrected chi connectivity index (χ4v) is 11.0. The molecule has 14 heteroatoms. The molecule has 1 N–H and O–H groups in total. The summed E-state index contributed by atoms with van der Waals surface area (Å²) >= 11 is 0. The van der Waals surface area contributed by atoms with Crippen molar-refractivity contribution in [2.24, 2.45) is 5.92 Å². The minimum Gasteiger partial charge on any atom is -0.476 e. The van der Waals surface area contributed by atoms with Gasteiger partial charge in [0.1, 0.15) is 11.3 Å². The average Bonchev–Trinajstić information content (AvgIpc) is 3.07. The molecule has 290 valence electrons. The zero-order valence-corrected chi connectivity index (χ0v) is 32.5. The van der Waals surface area contributed by atoms with Crippen LogP contribution >= 0.6 is 0 Å². The van der Waals surface area contributed by atoms with E-state index in [-0.39, 0.29) is 23.9 Å². The van der Waals surface area contributed by atoms with Gasteiger partial charge in [0.2, 0.25) is 0 Å². The van der Waals surface area contributed by atoms with Crippen molar-refractivity contribution in [1.82, 2.24) is 15.1 Å². The van der Waals surface area contributed by atoms with Gasteiger partial charge in [0.15, 0.2) is 5.60 Å². The highest BCUT2D eigenvalue weighted by molar-refractivity contribution is 6.99. The largest absolute Gasteiger partial charge is 0.476 e. The molecule has 0 aromatic heterocycles. The average molecular weight is 764 g/mol. The van der Waals surface area contributed by atoms with E-state index in [2.05, 4.69) is 27.4 Å². The number of rotatable bonds is 15. The molecule has 0 fully saturated rings. The van der Waals surface area contributed by atoms with E-state index >= 15 is 0 Å². The molecule has 0 aliphatic carbocycles. The van der Waals surface area contributed by atoms with Crippen LogP contribution in [-0.2, 0) is 23.5 Å². The maximum atomic E-state index is 14.9. The molecule has 3 amide bonds. The zero-order chi connectivity index (χ0) is 39.9. The number of halogens is 5. The lowest BCUT2D eigenvalue weighted by atomic mass is 10.0. The van der Waals surface area contributed by atoms with Crippen LogP contribution in [0, 0.1) is 5.92 Å². The van der Waals surface area contributed by atoms with E-state index in [9.17, 15) is 36.3 Å². The minimum atomic E-state index is -5.19. The van der Waals surface area contributed by atoms with Crippen LogP contribution in [0.5, 0.6) is 0 Å². The Morgan fingerprint density at radius 1 is 1.00 bits per heavy atom. The predicted molar refractivity (Wildman–Crippen MR) is 197 cm³/mol. The van der Waals surface area contributed by atoms with Gasteiger partial charge in [0.25, 0.3) is 26.0 Å². The van der Waals surface area contributed by atoms with E-state index in [0.717, 1.165) is 26.2 Å². The molecule has 0 radical (unpaired) electrons. The van der Waals surface area contributed by atoms with E-state index < -0.39 is 80.6 Å². The van der Waals surface area contributed by atoms with Crippen LogP contribution in [-0.4, -0.2) is 86.3 Å². The highest BCUT2D eigenvalue weighted by Crippen LogP contribution is 2.38. The van der Waals surface area contributed by atoms with Gasteiger partial charge in [-0.15, -0.1) is 0 Å². The first-order chi connectivity index (χ1) is 24.6. The normalized spacial score (nSPS) is 16.1. The third kappa shape index (κ3) is 10.0. The van der Waals surface area contributed by atoms with E-state index in [1.807, 2.05) is 66.0 Å². The Morgan fingerprint density at radius 3 is 1.96 bits per heavy atom. The van der Waals surface area contributed by atoms with Crippen molar-refractivity contribution in [2.75, 3.05) is 26.2 Å². The number of carbonyl (C=O) groups is 3. The van der Waals surface area contributed by atoms with Crippen LogP contribution in [0.15, 0.2) is 96.4 Å². The van der Waals surface area contributed by atoms with E-state index in [0.29, 0.717) is 6.08 Å². The monoisotopic (exact) mass is 763 g/mol. The van der Waals surface area contributed by atoms with Crippen molar-refractivity contribution in [2.45, 2.75) is 84.7 Å². The van der Waals surface area contributed by atoms with Crippen molar-refractivity contribution >= 4 is 36.4 Å². The number of alkyl halides is 5. The summed E-state index contributed by atoms with van der Waals surface area (Å²) in [6, 6.07) is 19.1. The SMILES string of the molecule is C=CC1=C(/C=C(/C(=O)N(C[C@H](C)CO[Si](c2ccccc2)(c2ccccc2)C(C)(C)C)C(C)C)C(F)(F)F)N(CCNC(=O)C(F)F)C(=O)C(C)(C)O1. The fraction of sp³-hybridized carbons (Fsp3) is 0.462. The molecule has 8 nitrogen and oxygen atoms in total. The standard InChI is InChI=1S/C39H50F5N3O5Si/c1-10-32-31(46(36(50)38(8,9)52-32)22-21-45-34(48)33(40)41)23-30(39(42,43)44)35(49)47(26(2)3)24-27(4)25-51-53(37(5,6)7,28-17-13-11-14-18-28)29-19-15-12-16-20-29/h10-20,23,26-27,33H,1,21-22,24-25H2,2-9H3,(H,45,48)/b30-23-/t27-/m0/s1. The lowest BCUT2D eigenvalue weighted by Crippen LogP contribution is -2.67. The van der Waals surface area contributed by atoms with Crippen molar-refractivity contribution in [3.63, 3.8) is 0 Å². The lowest BCUT2D eigenvalue weighted by molar-refractivity contribution is -0.152. The second kappa shape index (κ2) is 17.2. The topological polar surface area (TPSA) is 88.2 Å². The number of nitrogens with zero attached hydrogens (tertiary/aromatic N) is 2. The molecule has 1 aliphatic rings. The summed E-state index contributed by atoms with van der Waals surface area (Å²) in [5.74, 6) is -4.43. The molecular weight excluding hydrogens is 714 g/mol. The number of hydrogen-bond donors (Lipinski definition) is 1. The zero-order valence-electron chi connectivity index (χ0n) is 31.5. The fourth-order valence-electron chi connectivity index (χ4n) is 6.33. The van der Waals surface area contributed by atoms with Crippen LogP contribution < -0.4 is 15.7 Å². The summed E-state index contributed by atoms with van der Waals surface area (Å²) in [4.78, 5) is 40.9. The number of ether oxygens (including phenoxy) is 1. The van der Waals surface area contributed by atoms with Gasteiger partial charge >= 0.3 is 12.6 Å². The van der Waals surface area contributed by atoms with Gasteiger partial charge in [-0.2, -0.15) is 22.0 Å². The van der Waals surface area contributed by atoms with Gasteiger partial charge in [-0.1, -0.05) is 94.9 Å². The molecule has 0 unspecified atom stereocenters. The summed E-state index contributed by atoms with van der Waals surface area (Å²) in [5, 5.41) is 3.65. The molecule has 1 aliphatic heterocycles. The number of nitrogens with one attached hydrogen (secondary N) is 1. The van der Waals surface area contributed by atoms with Crippen LogP contribution in [0.4, 0.5) is 22.0 Å². The van der Waals surface area contributed by atoms with Crippen molar-refractivity contribution < 1.29 is 45.5 Å². The van der Waals surface area contributed by atoms with Gasteiger partial charge < -0.3 is 24.3 Å². The third-order valence-corrected chi connectivity index (χ3v) is 13.9. The van der Waals surface area contributed by atoms with Crippen molar-refractivity contribution in [3.8, 4) is 0 Å². The predicted octanol–water partition coefficient (Wildman–Crippen LogP) is 6.34. The van der Waals surface area contributed by atoms with Gasteiger partial charge in [-0.3, -0.25) is 14.4 Å². The van der Waals surface area contributed by atoms with E-state index in [4.69, 9.17) is 9.16 Å². The molecule has 2 aromatic rings. The van der Waals surface area contributed by atoms with Gasteiger partial charge in [-0.25, -0.2) is 0 Å². The maximum Gasteiger partial charge on any atom is 0.421 e. The Morgan fingerprint density at radius 2 is 1.53 bits per heavy atom. The number of hydrogen-bond acceptors (Lipinski definition) is 5. The lowest BCUT2D eigenvalue weighted by Gasteiger charge is -2.44. The molecule has 53 heavy (non-hydrogen) atoms. The summed E-state index contributed by atoms with van der Waals surface area (Å²) < 4.78 is 82.9. The van der Waals surface area contributed by atoms with E-state index in [1.165, 1.54) is 13.8 Å². The Labute approximate surface area is 309 Å². The first-order valence-electron chi connectivity index (χ1n) is 17.4. The Bertz CT molecular complexity index is 1630. The third-order valence-electron chi connectivity index (χ3n) is 8.90. The highest BCUT2D eigenvalue weighted by Gasteiger charge is 2.51. The molecule has 1 atom stereocenters. The molecular formula is C39H50F5N3O5Si. The second-order valence-electron chi connectivity index (χ2n) is 14.8. The Hall–Kier alpha value is -4.30. The minimum absolute atomic E-state index is 0.0959. The second-order valence-corrected chi connectivity index (χ2v) is 19.1. The molecule has 2 aromatic carbocycles. The first kappa shape index (κ1) is 43.1. The van der Waals surface area contributed by atoms with Crippen LogP contribution in [0.3, 0.4) is 0 Å². The van der Waals surface area contributed by atoms with Crippen molar-refractivity contribution in [3.05, 3.63) is 96.4 Å². The van der Waals surface area contributed by atoms with E-state index in [1.54, 1.807) is 20.8 Å².